The largest absolute Gasteiger partial charge is 0.418 e. The predicted molar refractivity (Wildman–Crippen MR) is 133 cm³/mol. The van der Waals surface area contributed by atoms with E-state index >= 15 is 0 Å². The van der Waals surface area contributed by atoms with Crippen LogP contribution in [0.15, 0.2) is 35.5 Å². The highest BCUT2D eigenvalue weighted by molar-refractivity contribution is 6.05. The fraction of sp³-hybridized carbons (Fsp3) is 0.400. The fourth-order valence-corrected chi connectivity index (χ4v) is 4.34. The molecule has 0 aromatic carbocycles. The van der Waals surface area contributed by atoms with Crippen molar-refractivity contribution in [2.24, 2.45) is 4.99 Å². The minimum absolute atomic E-state index is 0.0728. The fourth-order valence-electron chi connectivity index (χ4n) is 4.34. The van der Waals surface area contributed by atoms with Gasteiger partial charge in [-0.2, -0.15) is 13.2 Å². The summed E-state index contributed by atoms with van der Waals surface area (Å²) in [6.07, 6.45) is -2.73. The van der Waals surface area contributed by atoms with Gasteiger partial charge >= 0.3 is 12.2 Å². The number of Topliss-reactive ketones (excluding diaryl/α,β-unsaturated/α-hetero) is 1. The maximum Gasteiger partial charge on any atom is 0.418 e. The number of nitrogens with zero attached hydrogens (tertiary/aromatic N) is 6. The molecule has 2 aliphatic heterocycles. The van der Waals surface area contributed by atoms with Gasteiger partial charge in [-0.3, -0.25) is 24.3 Å². The Morgan fingerprint density at radius 1 is 1.21 bits per heavy atom. The molecule has 4 heterocycles. The number of hydrogen-bond acceptors (Lipinski definition) is 8. The molecule has 1 saturated heterocycles. The monoisotopic (exact) mass is 545 g/mol. The Balaban J connectivity index is 1.52. The number of aromatic nitrogens is 2. The Morgan fingerprint density at radius 2 is 1.92 bits per heavy atom. The predicted octanol–water partition coefficient (Wildman–Crippen LogP) is 2.71. The summed E-state index contributed by atoms with van der Waals surface area (Å²) in [5, 5.41) is 2.61. The van der Waals surface area contributed by atoms with Crippen molar-refractivity contribution >= 4 is 35.8 Å². The van der Waals surface area contributed by atoms with Crippen molar-refractivity contribution in [2.75, 3.05) is 18.9 Å². The van der Waals surface area contributed by atoms with Crippen LogP contribution in [-0.2, 0) is 20.6 Å². The van der Waals surface area contributed by atoms with Gasteiger partial charge < -0.3 is 15.1 Å². The number of fused-ring (bicyclic) bond motifs is 1. The molecular formula is C25H26F3N7O4. The highest BCUT2D eigenvalue weighted by Crippen LogP contribution is 2.33. The van der Waals surface area contributed by atoms with Crippen molar-refractivity contribution in [3.8, 4) is 11.3 Å². The minimum Gasteiger partial charge on any atom is -0.335 e. The van der Waals surface area contributed by atoms with Crippen molar-refractivity contribution in [3.63, 3.8) is 0 Å². The van der Waals surface area contributed by atoms with Crippen LogP contribution in [0.3, 0.4) is 0 Å². The van der Waals surface area contributed by atoms with E-state index in [1.807, 2.05) is 0 Å². The molecule has 2 aliphatic rings. The second-order valence-corrected chi connectivity index (χ2v) is 9.21. The molecule has 4 rings (SSSR count). The Hall–Kier alpha value is -4.36. The summed E-state index contributed by atoms with van der Waals surface area (Å²) < 4.78 is 40.0. The Labute approximate surface area is 221 Å². The summed E-state index contributed by atoms with van der Waals surface area (Å²) in [4.78, 5) is 66.8. The number of amides is 4. The number of hydrogen-bond donors (Lipinski definition) is 1. The first kappa shape index (κ1) is 27.7. The molecule has 39 heavy (non-hydrogen) atoms. The van der Waals surface area contributed by atoms with Crippen molar-refractivity contribution in [2.45, 2.75) is 51.6 Å². The van der Waals surface area contributed by atoms with E-state index in [2.05, 4.69) is 20.3 Å². The van der Waals surface area contributed by atoms with Gasteiger partial charge in [0.1, 0.15) is 11.9 Å². The number of rotatable bonds is 7. The van der Waals surface area contributed by atoms with Gasteiger partial charge in [0.2, 0.25) is 5.91 Å². The van der Waals surface area contributed by atoms with Crippen LogP contribution in [0.2, 0.25) is 0 Å². The third-order valence-corrected chi connectivity index (χ3v) is 6.65. The van der Waals surface area contributed by atoms with E-state index in [1.165, 1.54) is 61.4 Å². The molecule has 11 nitrogen and oxygen atoms in total. The number of alkyl halides is 3. The molecule has 0 aliphatic carbocycles. The van der Waals surface area contributed by atoms with Crippen LogP contribution in [0.25, 0.3) is 11.3 Å². The molecule has 2 aromatic rings. The van der Waals surface area contributed by atoms with Crippen LogP contribution in [0.5, 0.6) is 0 Å². The van der Waals surface area contributed by atoms with Crippen molar-refractivity contribution < 1.29 is 32.3 Å². The van der Waals surface area contributed by atoms with Crippen LogP contribution >= 0.6 is 0 Å². The molecule has 1 fully saturated rings. The molecule has 2 unspecified atom stereocenters. The number of imide groups is 1. The number of ketones is 1. The summed E-state index contributed by atoms with van der Waals surface area (Å²) >= 11 is 0. The summed E-state index contributed by atoms with van der Waals surface area (Å²) in [7, 11) is 1.46. The standard InChI is InChI=1S/C25H26F3N7O4/c1-5-16(36)11-34-23(38)20-21(33(4)24(34)39)30-12-35(20)14(3)22(37)32-19-8-6-7-18(31-19)15-9-17(25(26,27)28)13(2)29-10-15/h6-10,12,14,20-21H,5,11H2,1-4H3,(H,31,32,37)/t14-,20?,21?/m0/s1. The lowest BCUT2D eigenvalue weighted by Crippen LogP contribution is -2.66. The maximum absolute atomic E-state index is 13.3. The van der Waals surface area contributed by atoms with E-state index in [0.717, 1.165) is 11.0 Å². The zero-order chi connectivity index (χ0) is 28.6. The van der Waals surface area contributed by atoms with Crippen molar-refractivity contribution in [3.05, 3.63) is 41.7 Å². The number of likely N-dealkylation sites (N-methyl/N-ethyl adjacent to an activating group) is 1. The zero-order valence-corrected chi connectivity index (χ0v) is 21.6. The Morgan fingerprint density at radius 3 is 2.59 bits per heavy atom. The van der Waals surface area contributed by atoms with E-state index in [0.29, 0.717) is 0 Å². The quantitative estimate of drug-likeness (QED) is 0.567. The smallest absolute Gasteiger partial charge is 0.335 e. The van der Waals surface area contributed by atoms with Gasteiger partial charge in [-0.25, -0.2) is 14.8 Å². The first-order chi connectivity index (χ1) is 18.3. The number of urea groups is 1. The van der Waals surface area contributed by atoms with Crippen molar-refractivity contribution in [1.82, 2.24) is 24.7 Å². The van der Waals surface area contributed by atoms with Gasteiger partial charge in [0.05, 0.1) is 24.1 Å². The maximum atomic E-state index is 13.3. The zero-order valence-electron chi connectivity index (χ0n) is 21.6. The normalized spacial score (nSPS) is 19.8. The van der Waals surface area contributed by atoms with E-state index in [-0.39, 0.29) is 41.5 Å². The average molecular weight is 546 g/mol. The van der Waals surface area contributed by atoms with E-state index in [9.17, 15) is 32.3 Å². The molecule has 0 spiro atoms. The van der Waals surface area contributed by atoms with E-state index in [4.69, 9.17) is 0 Å². The Bertz CT molecular complexity index is 1360. The third-order valence-electron chi connectivity index (χ3n) is 6.65. The number of nitrogens with one attached hydrogen (secondary N) is 1. The average Bonchev–Trinajstić information content (AvgIpc) is 3.34. The minimum atomic E-state index is -4.59. The number of aliphatic imine (C=N–C) groups is 1. The highest BCUT2D eigenvalue weighted by Gasteiger charge is 2.51. The van der Waals surface area contributed by atoms with Gasteiger partial charge in [0.15, 0.2) is 18.0 Å². The van der Waals surface area contributed by atoms with Gasteiger partial charge in [0.25, 0.3) is 5.91 Å². The number of anilines is 1. The summed E-state index contributed by atoms with van der Waals surface area (Å²) in [6, 6.07) is 2.80. The second kappa shape index (κ2) is 10.4. The molecule has 206 valence electrons. The Kier molecular flexibility index (Phi) is 7.39. The SMILES string of the molecule is CCC(=O)CN1C(=O)C2C(N=CN2[C@@H](C)C(=O)Nc2cccc(-c3cnc(C)c(C(F)(F)F)c3)n2)N(C)C1=O. The van der Waals surface area contributed by atoms with Crippen molar-refractivity contribution in [1.29, 1.82) is 0 Å². The molecule has 3 atom stereocenters. The number of aryl methyl sites for hydroxylation is 1. The number of pyridine rings is 2. The van der Waals surface area contributed by atoms with E-state index < -0.39 is 47.8 Å². The molecular weight excluding hydrogens is 519 g/mol. The number of halogens is 3. The van der Waals surface area contributed by atoms with Gasteiger partial charge in [-0.1, -0.05) is 13.0 Å². The molecule has 2 aromatic heterocycles. The summed E-state index contributed by atoms with van der Waals surface area (Å²) in [5.41, 5.74) is -0.769. The lowest BCUT2D eigenvalue weighted by molar-refractivity contribution is -0.141. The van der Waals surface area contributed by atoms with Gasteiger partial charge in [-0.05, 0) is 32.0 Å². The van der Waals surface area contributed by atoms with E-state index in [1.54, 1.807) is 6.92 Å². The van der Waals surface area contributed by atoms with Crippen LogP contribution in [-0.4, -0.2) is 86.5 Å². The lowest BCUT2D eigenvalue weighted by atomic mass is 10.1. The van der Waals surface area contributed by atoms with Crippen LogP contribution in [0.4, 0.5) is 23.8 Å². The first-order valence-corrected chi connectivity index (χ1v) is 12.1. The summed E-state index contributed by atoms with van der Waals surface area (Å²) in [6.45, 7) is 4.03. The topological polar surface area (TPSA) is 128 Å². The third kappa shape index (κ3) is 5.31. The molecule has 4 amide bonds. The summed E-state index contributed by atoms with van der Waals surface area (Å²) in [5.74, 6) is -1.44. The highest BCUT2D eigenvalue weighted by atomic mass is 19.4. The van der Waals surface area contributed by atoms with Crippen LogP contribution in [0.1, 0.15) is 31.5 Å². The lowest BCUT2D eigenvalue weighted by Gasteiger charge is -2.42. The van der Waals surface area contributed by atoms with Gasteiger partial charge in [-0.15, -0.1) is 0 Å². The number of carbonyl (C=O) groups excluding carboxylic acids is 4. The number of carbonyl (C=O) groups is 4. The molecule has 1 N–H and O–H groups in total. The molecule has 0 bridgehead atoms. The second-order valence-electron chi connectivity index (χ2n) is 9.21. The van der Waals surface area contributed by atoms with Gasteiger partial charge in [0, 0.05) is 30.9 Å². The molecule has 0 saturated carbocycles. The molecule has 0 radical (unpaired) electrons. The first-order valence-electron chi connectivity index (χ1n) is 12.1. The molecule has 14 heteroatoms. The van der Waals surface area contributed by atoms with Crippen LogP contribution in [0, 0.1) is 6.92 Å². The van der Waals surface area contributed by atoms with Crippen LogP contribution < -0.4 is 5.32 Å².